The number of likely N-dealkylation sites (N-methyl/N-ethyl adjacent to an activating group) is 1. The molecule has 0 saturated heterocycles. The van der Waals surface area contributed by atoms with E-state index < -0.39 is 24.5 Å². The van der Waals surface area contributed by atoms with Crippen molar-refractivity contribution in [1.29, 1.82) is 0 Å². The highest BCUT2D eigenvalue weighted by Gasteiger charge is 2.59. The third kappa shape index (κ3) is 9.40. The molecule has 0 atom stereocenters. The summed E-state index contributed by atoms with van der Waals surface area (Å²) in [7, 11) is 1.49. The summed E-state index contributed by atoms with van der Waals surface area (Å²) in [6.45, 7) is 4.02. The Labute approximate surface area is 106 Å². The van der Waals surface area contributed by atoms with Crippen molar-refractivity contribution in [1.82, 2.24) is 10.6 Å². The zero-order valence-electron chi connectivity index (χ0n) is 10.6. The highest BCUT2D eigenvalue weighted by Crippen LogP contribution is 2.35. The molecule has 0 aliphatic rings. The number of carbonyl (C=O) groups excluding carboxylic acids is 1. The van der Waals surface area contributed by atoms with Gasteiger partial charge in [0.1, 0.15) is 0 Å². The molecule has 116 valence electrons. The van der Waals surface area contributed by atoms with Gasteiger partial charge in [-0.2, -0.15) is 26.3 Å². The first-order valence-electron chi connectivity index (χ1n) is 5.31. The van der Waals surface area contributed by atoms with E-state index in [0.29, 0.717) is 0 Å². The number of carbonyl (C=O) groups is 1. The highest BCUT2D eigenvalue weighted by molar-refractivity contribution is 5.67. The van der Waals surface area contributed by atoms with Crippen LogP contribution in [0.25, 0.3) is 0 Å². The van der Waals surface area contributed by atoms with Crippen molar-refractivity contribution in [3.05, 3.63) is 0 Å². The zero-order valence-corrected chi connectivity index (χ0v) is 10.6. The third-order valence-corrected chi connectivity index (χ3v) is 1.46. The first-order chi connectivity index (χ1) is 8.59. The molecule has 0 rings (SSSR count). The summed E-state index contributed by atoms with van der Waals surface area (Å²) in [6, 6.07) is 0. The van der Waals surface area contributed by atoms with Crippen molar-refractivity contribution < 1.29 is 35.9 Å². The van der Waals surface area contributed by atoms with Crippen LogP contribution >= 0.6 is 0 Å². The maximum absolute atomic E-state index is 11.9. The first-order valence-corrected chi connectivity index (χ1v) is 5.31. The maximum Gasteiger partial charge on any atom is 0.434 e. The Balaban J connectivity index is 0. The van der Waals surface area contributed by atoms with Gasteiger partial charge in [0, 0.05) is 13.1 Å². The van der Waals surface area contributed by atoms with E-state index in [2.05, 4.69) is 10.1 Å². The van der Waals surface area contributed by atoms with Crippen molar-refractivity contribution in [2.75, 3.05) is 20.1 Å². The standard InChI is InChI=1S/C7H10F6N2O2.C2H6/c1-14-2-3-15-5(16)17-4(6(8,9)10)7(11,12)13;1-2/h4,14H,2-3H2,1H3,(H,15,16);1-2H3. The first kappa shape index (κ1) is 20.1. The molecule has 0 aliphatic heterocycles. The van der Waals surface area contributed by atoms with Crippen LogP contribution < -0.4 is 10.6 Å². The van der Waals surface area contributed by atoms with Gasteiger partial charge in [0.15, 0.2) is 0 Å². The minimum atomic E-state index is -5.70. The van der Waals surface area contributed by atoms with E-state index in [4.69, 9.17) is 0 Å². The SMILES string of the molecule is CC.CNCCNC(=O)OC(C(F)(F)F)C(F)(F)F. The Morgan fingerprint density at radius 3 is 1.79 bits per heavy atom. The maximum atomic E-state index is 11.9. The molecule has 0 aromatic rings. The quantitative estimate of drug-likeness (QED) is 0.619. The molecule has 0 bridgehead atoms. The number of rotatable bonds is 4. The molecule has 0 aliphatic carbocycles. The molecule has 4 nitrogen and oxygen atoms in total. The number of alkyl halides is 6. The molecular formula is C9H16F6N2O2. The van der Waals surface area contributed by atoms with Crippen molar-refractivity contribution in [3.8, 4) is 0 Å². The third-order valence-electron chi connectivity index (χ3n) is 1.46. The molecule has 10 heteroatoms. The lowest BCUT2D eigenvalue weighted by Crippen LogP contribution is -2.47. The Morgan fingerprint density at radius 2 is 1.47 bits per heavy atom. The van der Waals surface area contributed by atoms with Gasteiger partial charge in [-0.05, 0) is 7.05 Å². The molecule has 0 saturated carbocycles. The Hall–Kier alpha value is -1.19. The highest BCUT2D eigenvalue weighted by atomic mass is 19.4. The van der Waals surface area contributed by atoms with Gasteiger partial charge in [-0.25, -0.2) is 4.79 Å². The summed E-state index contributed by atoms with van der Waals surface area (Å²) < 4.78 is 74.9. The number of nitrogens with one attached hydrogen (secondary N) is 2. The van der Waals surface area contributed by atoms with Crippen LogP contribution in [0.2, 0.25) is 0 Å². The van der Waals surface area contributed by atoms with Gasteiger partial charge in [-0.3, -0.25) is 0 Å². The van der Waals surface area contributed by atoms with E-state index in [1.807, 2.05) is 13.8 Å². The summed E-state index contributed by atoms with van der Waals surface area (Å²) in [5.41, 5.74) is 0. The lowest BCUT2D eigenvalue weighted by molar-refractivity contribution is -0.306. The van der Waals surface area contributed by atoms with Gasteiger partial charge in [0.2, 0.25) is 0 Å². The largest absolute Gasteiger partial charge is 0.434 e. The second kappa shape index (κ2) is 8.83. The molecule has 0 aromatic heterocycles. The predicted octanol–water partition coefficient (Wildman–Crippen LogP) is 2.45. The lowest BCUT2D eigenvalue weighted by atomic mass is 10.3. The van der Waals surface area contributed by atoms with E-state index in [-0.39, 0.29) is 13.1 Å². The van der Waals surface area contributed by atoms with E-state index in [9.17, 15) is 31.1 Å². The lowest BCUT2D eigenvalue weighted by Gasteiger charge is -2.22. The molecule has 0 unspecified atom stereocenters. The molecular weight excluding hydrogens is 282 g/mol. The van der Waals surface area contributed by atoms with Gasteiger partial charge in [0.05, 0.1) is 0 Å². The number of ether oxygens (including phenoxy) is 1. The average Bonchev–Trinajstić information content (AvgIpc) is 2.26. The molecule has 19 heavy (non-hydrogen) atoms. The van der Waals surface area contributed by atoms with E-state index >= 15 is 0 Å². The predicted molar refractivity (Wildman–Crippen MR) is 55.7 cm³/mol. The topological polar surface area (TPSA) is 50.4 Å². The molecule has 0 heterocycles. The summed E-state index contributed by atoms with van der Waals surface area (Å²) in [5, 5.41) is 4.26. The van der Waals surface area contributed by atoms with Gasteiger partial charge < -0.3 is 15.4 Å². The van der Waals surface area contributed by atoms with E-state index in [0.717, 1.165) is 0 Å². The summed E-state index contributed by atoms with van der Waals surface area (Å²) >= 11 is 0. The van der Waals surface area contributed by atoms with Crippen LogP contribution in [0.4, 0.5) is 31.1 Å². The van der Waals surface area contributed by atoms with Crippen LogP contribution in [0.3, 0.4) is 0 Å². The van der Waals surface area contributed by atoms with Crippen molar-refractivity contribution in [2.45, 2.75) is 32.3 Å². The number of halogens is 6. The molecule has 0 radical (unpaired) electrons. The second-order valence-corrected chi connectivity index (χ2v) is 2.90. The fourth-order valence-corrected chi connectivity index (χ4v) is 0.757. The number of alkyl carbamates (subject to hydrolysis) is 1. The fraction of sp³-hybridized carbons (Fsp3) is 0.889. The number of amides is 1. The molecule has 0 fully saturated rings. The van der Waals surface area contributed by atoms with Gasteiger partial charge >= 0.3 is 18.4 Å². The van der Waals surface area contributed by atoms with Crippen molar-refractivity contribution >= 4 is 6.09 Å². The van der Waals surface area contributed by atoms with Crippen LogP contribution in [0.15, 0.2) is 0 Å². The smallest absolute Gasteiger partial charge is 0.427 e. The van der Waals surface area contributed by atoms with Crippen LogP contribution in [0.1, 0.15) is 13.8 Å². The van der Waals surface area contributed by atoms with Gasteiger partial charge in [0.25, 0.3) is 6.10 Å². The molecule has 0 aromatic carbocycles. The Bertz CT molecular complexity index is 240. The summed E-state index contributed by atoms with van der Waals surface area (Å²) in [4.78, 5) is 10.7. The summed E-state index contributed by atoms with van der Waals surface area (Å²) in [5.74, 6) is 0. The normalized spacial score (nSPS) is 11.7. The van der Waals surface area contributed by atoms with Crippen LogP contribution in [0.5, 0.6) is 0 Å². The number of hydrogen-bond acceptors (Lipinski definition) is 3. The van der Waals surface area contributed by atoms with Crippen LogP contribution in [-0.2, 0) is 4.74 Å². The fourth-order valence-electron chi connectivity index (χ4n) is 0.757. The minimum Gasteiger partial charge on any atom is -0.427 e. The summed E-state index contributed by atoms with van der Waals surface area (Å²) in [6.07, 6.45) is -17.3. The van der Waals surface area contributed by atoms with Crippen molar-refractivity contribution in [2.24, 2.45) is 0 Å². The van der Waals surface area contributed by atoms with Crippen molar-refractivity contribution in [3.63, 3.8) is 0 Å². The van der Waals surface area contributed by atoms with Gasteiger partial charge in [-0.15, -0.1) is 0 Å². The van der Waals surface area contributed by atoms with Gasteiger partial charge in [-0.1, -0.05) is 13.8 Å². The molecule has 2 N–H and O–H groups in total. The van der Waals surface area contributed by atoms with E-state index in [1.54, 1.807) is 5.32 Å². The second-order valence-electron chi connectivity index (χ2n) is 2.90. The Morgan fingerprint density at radius 1 is 1.05 bits per heavy atom. The van der Waals surface area contributed by atoms with Crippen LogP contribution in [-0.4, -0.2) is 44.7 Å². The monoisotopic (exact) mass is 298 g/mol. The zero-order chi connectivity index (χ0) is 15.7. The Kier molecular flexibility index (Phi) is 9.36. The van der Waals surface area contributed by atoms with Crippen LogP contribution in [0, 0.1) is 0 Å². The average molecular weight is 298 g/mol. The minimum absolute atomic E-state index is 0.155. The molecule has 1 amide bonds. The number of hydrogen-bond donors (Lipinski definition) is 2. The molecule has 0 spiro atoms. The van der Waals surface area contributed by atoms with E-state index in [1.165, 1.54) is 7.05 Å².